The van der Waals surface area contributed by atoms with Crippen LogP contribution in [0.2, 0.25) is 0 Å². The first-order chi connectivity index (χ1) is 9.46. The molecule has 1 saturated carbocycles. The summed E-state index contributed by atoms with van der Waals surface area (Å²) in [4.78, 5) is 0.350. The van der Waals surface area contributed by atoms with Crippen molar-refractivity contribution in [2.24, 2.45) is 11.7 Å². The van der Waals surface area contributed by atoms with Crippen molar-refractivity contribution in [3.63, 3.8) is 0 Å². The van der Waals surface area contributed by atoms with Crippen LogP contribution < -0.4 is 5.73 Å². The van der Waals surface area contributed by atoms with Crippen molar-refractivity contribution in [3.8, 4) is 0 Å². The first-order valence-electron chi connectivity index (χ1n) is 7.22. The van der Waals surface area contributed by atoms with E-state index in [1.165, 1.54) is 6.42 Å². The van der Waals surface area contributed by atoms with Crippen molar-refractivity contribution < 1.29 is 8.42 Å². The minimum atomic E-state index is -3.45. The molecule has 2 atom stereocenters. The van der Waals surface area contributed by atoms with Crippen LogP contribution in [-0.2, 0) is 16.6 Å². The average molecular weight is 296 g/mol. The molecule has 1 aliphatic rings. The first-order valence-corrected chi connectivity index (χ1v) is 8.67. The molecule has 0 heterocycles. The Morgan fingerprint density at radius 2 is 2.00 bits per heavy atom. The molecule has 0 aliphatic heterocycles. The number of hydrogen-bond acceptors (Lipinski definition) is 3. The molecule has 1 aliphatic carbocycles. The predicted molar refractivity (Wildman–Crippen MR) is 80.7 cm³/mol. The van der Waals surface area contributed by atoms with Crippen LogP contribution in [0.1, 0.15) is 38.2 Å². The molecule has 1 aromatic carbocycles. The molecule has 20 heavy (non-hydrogen) atoms. The molecule has 0 saturated heterocycles. The summed E-state index contributed by atoms with van der Waals surface area (Å²) in [6, 6.07) is 7.12. The lowest BCUT2D eigenvalue weighted by Crippen LogP contribution is -2.40. The molecule has 0 amide bonds. The van der Waals surface area contributed by atoms with Gasteiger partial charge in [-0.1, -0.05) is 38.0 Å². The summed E-state index contributed by atoms with van der Waals surface area (Å²) in [5.41, 5.74) is 6.35. The van der Waals surface area contributed by atoms with Gasteiger partial charge in [-0.05, 0) is 30.4 Å². The molecule has 0 bridgehead atoms. The molecular weight excluding hydrogens is 272 g/mol. The van der Waals surface area contributed by atoms with Crippen LogP contribution >= 0.6 is 0 Å². The molecular formula is C15H24N2O2S. The molecule has 2 N–H and O–H groups in total. The molecule has 112 valence electrons. The van der Waals surface area contributed by atoms with Gasteiger partial charge in [-0.3, -0.25) is 0 Å². The summed E-state index contributed by atoms with van der Waals surface area (Å²) >= 11 is 0. The Kier molecular flexibility index (Phi) is 4.83. The number of sulfonamides is 1. The fourth-order valence-electron chi connectivity index (χ4n) is 3.01. The zero-order valence-electron chi connectivity index (χ0n) is 12.2. The Hall–Kier alpha value is -0.910. The maximum atomic E-state index is 12.8. The highest BCUT2D eigenvalue weighted by molar-refractivity contribution is 7.89. The van der Waals surface area contributed by atoms with E-state index in [4.69, 9.17) is 5.73 Å². The molecule has 4 nitrogen and oxygen atoms in total. The number of benzene rings is 1. The maximum Gasteiger partial charge on any atom is 0.243 e. The van der Waals surface area contributed by atoms with Crippen LogP contribution in [0.4, 0.5) is 0 Å². The topological polar surface area (TPSA) is 63.4 Å². The predicted octanol–water partition coefficient (Wildman–Crippen LogP) is 2.34. The van der Waals surface area contributed by atoms with Crippen LogP contribution in [0, 0.1) is 5.92 Å². The van der Waals surface area contributed by atoms with Crippen LogP contribution in [0.15, 0.2) is 29.2 Å². The van der Waals surface area contributed by atoms with E-state index < -0.39 is 10.0 Å². The number of hydrogen-bond donors (Lipinski definition) is 1. The third-order valence-corrected chi connectivity index (χ3v) is 6.28. The second-order valence-electron chi connectivity index (χ2n) is 5.76. The van der Waals surface area contributed by atoms with E-state index in [0.717, 1.165) is 19.3 Å². The van der Waals surface area contributed by atoms with Crippen LogP contribution in [0.5, 0.6) is 0 Å². The highest BCUT2D eigenvalue weighted by atomic mass is 32.2. The van der Waals surface area contributed by atoms with Gasteiger partial charge in [0.1, 0.15) is 0 Å². The highest BCUT2D eigenvalue weighted by Crippen LogP contribution is 2.30. The molecule has 2 rings (SSSR count). The smallest absolute Gasteiger partial charge is 0.243 e. The van der Waals surface area contributed by atoms with Gasteiger partial charge in [-0.25, -0.2) is 8.42 Å². The fraction of sp³-hybridized carbons (Fsp3) is 0.600. The standard InChI is InChI=1S/C15H24N2O2S/c1-12-6-5-8-14(10-12)17(2)20(18,19)15-9-4-3-7-13(15)11-16/h3-4,7,9,12,14H,5-6,8,10-11,16H2,1-2H3. The minimum absolute atomic E-state index is 0.106. The van der Waals surface area contributed by atoms with E-state index in [9.17, 15) is 8.42 Å². The zero-order chi connectivity index (χ0) is 14.8. The van der Waals surface area contributed by atoms with Crippen molar-refractivity contribution >= 4 is 10.0 Å². The number of nitrogens with two attached hydrogens (primary N) is 1. The first kappa shape index (κ1) is 15.5. The number of nitrogens with zero attached hydrogens (tertiary/aromatic N) is 1. The van der Waals surface area contributed by atoms with Crippen molar-refractivity contribution in [1.29, 1.82) is 0 Å². The zero-order valence-corrected chi connectivity index (χ0v) is 13.1. The van der Waals surface area contributed by atoms with Gasteiger partial charge in [-0.2, -0.15) is 4.31 Å². The molecule has 1 fully saturated rings. The van der Waals surface area contributed by atoms with Crippen molar-refractivity contribution in [1.82, 2.24) is 4.31 Å². The summed E-state index contributed by atoms with van der Waals surface area (Å²) in [6.07, 6.45) is 4.19. The Morgan fingerprint density at radius 3 is 2.65 bits per heavy atom. The van der Waals surface area contributed by atoms with E-state index in [1.807, 2.05) is 6.07 Å². The summed E-state index contributed by atoms with van der Waals surface area (Å²) in [7, 11) is -1.75. The van der Waals surface area contributed by atoms with Gasteiger partial charge < -0.3 is 5.73 Å². The Morgan fingerprint density at radius 1 is 1.30 bits per heavy atom. The van der Waals surface area contributed by atoms with Gasteiger partial charge in [-0.15, -0.1) is 0 Å². The van der Waals surface area contributed by atoms with Gasteiger partial charge in [0.15, 0.2) is 0 Å². The largest absolute Gasteiger partial charge is 0.326 e. The van der Waals surface area contributed by atoms with Crippen molar-refractivity contribution in [3.05, 3.63) is 29.8 Å². The summed E-state index contributed by atoms with van der Waals surface area (Å²) in [6.45, 7) is 2.44. The van der Waals surface area contributed by atoms with E-state index in [1.54, 1.807) is 29.6 Å². The van der Waals surface area contributed by atoms with Crippen molar-refractivity contribution in [2.45, 2.75) is 50.1 Å². The van der Waals surface area contributed by atoms with Crippen LogP contribution in [0.25, 0.3) is 0 Å². The van der Waals surface area contributed by atoms with Crippen LogP contribution in [-0.4, -0.2) is 25.8 Å². The van der Waals surface area contributed by atoms with Gasteiger partial charge in [0, 0.05) is 19.6 Å². The summed E-state index contributed by atoms with van der Waals surface area (Å²) < 4.78 is 27.1. The highest BCUT2D eigenvalue weighted by Gasteiger charge is 2.31. The Balaban J connectivity index is 2.29. The lowest BCUT2D eigenvalue weighted by molar-refractivity contribution is 0.239. The molecule has 5 heteroatoms. The van der Waals surface area contributed by atoms with Crippen molar-refractivity contribution in [2.75, 3.05) is 7.05 Å². The Bertz CT molecular complexity index is 557. The lowest BCUT2D eigenvalue weighted by Gasteiger charge is -2.33. The molecule has 0 spiro atoms. The summed E-state index contributed by atoms with van der Waals surface area (Å²) in [5.74, 6) is 0.594. The van der Waals surface area contributed by atoms with E-state index in [-0.39, 0.29) is 12.6 Å². The number of rotatable bonds is 4. The monoisotopic (exact) mass is 296 g/mol. The maximum absolute atomic E-state index is 12.8. The average Bonchev–Trinajstić information content (AvgIpc) is 2.46. The lowest BCUT2D eigenvalue weighted by atomic mass is 9.87. The normalized spacial score (nSPS) is 24.0. The molecule has 0 radical (unpaired) electrons. The molecule has 1 aromatic rings. The summed E-state index contributed by atoms with van der Waals surface area (Å²) in [5, 5.41) is 0. The third-order valence-electron chi connectivity index (χ3n) is 4.27. The van der Waals surface area contributed by atoms with Gasteiger partial charge >= 0.3 is 0 Å². The quantitative estimate of drug-likeness (QED) is 0.927. The van der Waals surface area contributed by atoms with Gasteiger partial charge in [0.25, 0.3) is 0 Å². The third kappa shape index (κ3) is 3.05. The second kappa shape index (κ2) is 6.24. The van der Waals surface area contributed by atoms with E-state index in [0.29, 0.717) is 16.4 Å². The van der Waals surface area contributed by atoms with E-state index >= 15 is 0 Å². The minimum Gasteiger partial charge on any atom is -0.326 e. The molecule has 0 aromatic heterocycles. The Labute approximate surface area is 122 Å². The molecule has 2 unspecified atom stereocenters. The van der Waals surface area contributed by atoms with Crippen LogP contribution in [0.3, 0.4) is 0 Å². The SMILES string of the molecule is CC1CCCC(N(C)S(=O)(=O)c2ccccc2CN)C1. The van der Waals surface area contributed by atoms with Gasteiger partial charge in [0.2, 0.25) is 10.0 Å². The van der Waals surface area contributed by atoms with Gasteiger partial charge in [0.05, 0.1) is 4.90 Å². The van der Waals surface area contributed by atoms with E-state index in [2.05, 4.69) is 6.92 Å². The fourth-order valence-corrected chi connectivity index (χ4v) is 4.64. The second-order valence-corrected chi connectivity index (χ2v) is 7.72.